The van der Waals surface area contributed by atoms with E-state index in [1.807, 2.05) is 29.9 Å². The van der Waals surface area contributed by atoms with Crippen LogP contribution in [0.4, 0.5) is 0 Å². The van der Waals surface area contributed by atoms with Crippen molar-refractivity contribution >= 4 is 0 Å². The third kappa shape index (κ3) is 2.04. The first-order valence-corrected chi connectivity index (χ1v) is 6.72. The Balaban J connectivity index is 2.09. The Hall–Kier alpha value is -2.01. The lowest BCUT2D eigenvalue weighted by atomic mass is 10.0. The number of benzene rings is 1. The van der Waals surface area contributed by atoms with Gasteiger partial charge < -0.3 is 14.8 Å². The van der Waals surface area contributed by atoms with Crippen LogP contribution in [0.5, 0.6) is 11.5 Å². The van der Waals surface area contributed by atoms with E-state index in [2.05, 4.69) is 10.4 Å². The van der Waals surface area contributed by atoms with E-state index in [4.69, 9.17) is 9.47 Å². The second-order valence-corrected chi connectivity index (χ2v) is 4.89. The van der Waals surface area contributed by atoms with Gasteiger partial charge in [-0.15, -0.1) is 0 Å². The highest BCUT2D eigenvalue weighted by Gasteiger charge is 2.20. The number of methoxy groups -OCH3 is 2. The maximum atomic E-state index is 5.37. The van der Waals surface area contributed by atoms with Gasteiger partial charge in [-0.1, -0.05) is 0 Å². The molecule has 0 amide bonds. The zero-order valence-electron chi connectivity index (χ0n) is 12.1. The average Bonchev–Trinajstić information content (AvgIpc) is 2.84. The molecule has 106 valence electrons. The van der Waals surface area contributed by atoms with E-state index < -0.39 is 0 Å². The fraction of sp³-hybridized carbons (Fsp3) is 0.400. The van der Waals surface area contributed by atoms with Gasteiger partial charge in [-0.2, -0.15) is 5.10 Å². The predicted octanol–water partition coefficient (Wildman–Crippen LogP) is 1.75. The molecule has 1 aromatic heterocycles. The van der Waals surface area contributed by atoms with Crippen molar-refractivity contribution < 1.29 is 9.47 Å². The van der Waals surface area contributed by atoms with E-state index >= 15 is 0 Å². The minimum atomic E-state index is 0.730. The molecule has 1 N–H and O–H groups in total. The number of hydrogen-bond acceptors (Lipinski definition) is 4. The normalized spacial score (nSPS) is 13.9. The standard InChI is InChI=1S/C15H19N3O2/c1-18-12-6-7-16-9-11(12)15(17-18)10-4-5-13(19-2)14(8-10)20-3/h4-5,8,16H,6-7,9H2,1-3H3. The molecule has 1 aromatic carbocycles. The summed E-state index contributed by atoms with van der Waals surface area (Å²) < 4.78 is 12.6. The highest BCUT2D eigenvalue weighted by molar-refractivity contribution is 5.68. The van der Waals surface area contributed by atoms with Crippen molar-refractivity contribution in [2.75, 3.05) is 20.8 Å². The second-order valence-electron chi connectivity index (χ2n) is 4.89. The lowest BCUT2D eigenvalue weighted by Gasteiger charge is -2.14. The van der Waals surface area contributed by atoms with Gasteiger partial charge in [0.25, 0.3) is 0 Å². The molecular formula is C15H19N3O2. The quantitative estimate of drug-likeness (QED) is 0.925. The van der Waals surface area contributed by atoms with Crippen LogP contribution in [0.25, 0.3) is 11.3 Å². The Bertz CT molecular complexity index is 634. The van der Waals surface area contributed by atoms with Crippen molar-refractivity contribution in [1.29, 1.82) is 0 Å². The molecule has 2 heterocycles. The molecule has 0 fully saturated rings. The van der Waals surface area contributed by atoms with E-state index in [-0.39, 0.29) is 0 Å². The number of nitrogens with one attached hydrogen (secondary N) is 1. The molecule has 5 heteroatoms. The molecule has 0 spiro atoms. The number of aromatic nitrogens is 2. The van der Waals surface area contributed by atoms with Crippen molar-refractivity contribution in [1.82, 2.24) is 15.1 Å². The Morgan fingerprint density at radius 3 is 2.75 bits per heavy atom. The van der Waals surface area contributed by atoms with Gasteiger partial charge in [-0.05, 0) is 18.2 Å². The van der Waals surface area contributed by atoms with Crippen LogP contribution in [0.1, 0.15) is 11.3 Å². The van der Waals surface area contributed by atoms with Gasteiger partial charge in [0.1, 0.15) is 0 Å². The molecule has 0 bridgehead atoms. The first-order valence-electron chi connectivity index (χ1n) is 6.72. The summed E-state index contributed by atoms with van der Waals surface area (Å²) in [5.41, 5.74) is 4.68. The van der Waals surface area contributed by atoms with Crippen LogP contribution in [-0.2, 0) is 20.0 Å². The number of nitrogens with zero attached hydrogens (tertiary/aromatic N) is 2. The summed E-state index contributed by atoms with van der Waals surface area (Å²) in [6.07, 6.45) is 1.02. The van der Waals surface area contributed by atoms with Crippen molar-refractivity contribution in [3.63, 3.8) is 0 Å². The Kier molecular flexibility index (Phi) is 3.36. The molecule has 1 aliphatic rings. The minimum Gasteiger partial charge on any atom is -0.493 e. The third-order valence-electron chi connectivity index (χ3n) is 3.77. The van der Waals surface area contributed by atoms with Crippen LogP contribution >= 0.6 is 0 Å². The second kappa shape index (κ2) is 5.17. The van der Waals surface area contributed by atoms with E-state index in [1.165, 1.54) is 11.3 Å². The van der Waals surface area contributed by atoms with E-state index in [9.17, 15) is 0 Å². The Morgan fingerprint density at radius 2 is 2.00 bits per heavy atom. The lowest BCUT2D eigenvalue weighted by Crippen LogP contribution is -2.24. The summed E-state index contributed by atoms with van der Waals surface area (Å²) in [5, 5.41) is 8.08. The maximum absolute atomic E-state index is 5.37. The first-order chi connectivity index (χ1) is 9.74. The molecule has 1 aliphatic heterocycles. The van der Waals surface area contributed by atoms with Gasteiger partial charge in [0.2, 0.25) is 0 Å². The first kappa shape index (κ1) is 13.0. The number of rotatable bonds is 3. The van der Waals surface area contributed by atoms with Gasteiger partial charge in [-0.3, -0.25) is 4.68 Å². The zero-order valence-corrected chi connectivity index (χ0v) is 12.1. The van der Waals surface area contributed by atoms with E-state index in [0.717, 1.165) is 42.3 Å². The summed E-state index contributed by atoms with van der Waals surface area (Å²) in [6, 6.07) is 5.93. The summed E-state index contributed by atoms with van der Waals surface area (Å²) in [6.45, 7) is 1.88. The largest absolute Gasteiger partial charge is 0.493 e. The summed E-state index contributed by atoms with van der Waals surface area (Å²) in [5.74, 6) is 1.47. The molecule has 0 saturated carbocycles. The fourth-order valence-electron chi connectivity index (χ4n) is 2.74. The molecule has 5 nitrogen and oxygen atoms in total. The lowest BCUT2D eigenvalue weighted by molar-refractivity contribution is 0.355. The zero-order chi connectivity index (χ0) is 14.1. The van der Waals surface area contributed by atoms with Crippen molar-refractivity contribution in [3.05, 3.63) is 29.5 Å². The molecule has 20 heavy (non-hydrogen) atoms. The fourth-order valence-corrected chi connectivity index (χ4v) is 2.74. The molecule has 0 atom stereocenters. The van der Waals surface area contributed by atoms with Crippen molar-refractivity contribution in [2.45, 2.75) is 13.0 Å². The highest BCUT2D eigenvalue weighted by Crippen LogP contribution is 2.34. The molecular weight excluding hydrogens is 254 g/mol. The minimum absolute atomic E-state index is 0.730. The monoisotopic (exact) mass is 273 g/mol. The van der Waals surface area contributed by atoms with Crippen molar-refractivity contribution in [3.8, 4) is 22.8 Å². The smallest absolute Gasteiger partial charge is 0.161 e. The van der Waals surface area contributed by atoms with Gasteiger partial charge in [0, 0.05) is 43.4 Å². The van der Waals surface area contributed by atoms with Crippen LogP contribution in [0, 0.1) is 0 Å². The summed E-state index contributed by atoms with van der Waals surface area (Å²) >= 11 is 0. The SMILES string of the molecule is COc1ccc(-c2nn(C)c3c2CNCC3)cc1OC. The molecule has 3 rings (SSSR count). The van der Waals surface area contributed by atoms with Crippen LogP contribution in [0.15, 0.2) is 18.2 Å². The maximum Gasteiger partial charge on any atom is 0.161 e. The van der Waals surface area contributed by atoms with E-state index in [0.29, 0.717) is 0 Å². The molecule has 0 unspecified atom stereocenters. The molecule has 2 aromatic rings. The van der Waals surface area contributed by atoms with Gasteiger partial charge in [0.05, 0.1) is 19.9 Å². The summed E-state index contributed by atoms with van der Waals surface area (Å²) in [4.78, 5) is 0. The van der Waals surface area contributed by atoms with Crippen LogP contribution in [0.2, 0.25) is 0 Å². The van der Waals surface area contributed by atoms with Gasteiger partial charge in [-0.25, -0.2) is 0 Å². The highest BCUT2D eigenvalue weighted by atomic mass is 16.5. The van der Waals surface area contributed by atoms with Crippen LogP contribution < -0.4 is 14.8 Å². The van der Waals surface area contributed by atoms with Crippen molar-refractivity contribution in [2.24, 2.45) is 7.05 Å². The predicted molar refractivity (Wildman–Crippen MR) is 77.2 cm³/mol. The van der Waals surface area contributed by atoms with Crippen LogP contribution in [-0.4, -0.2) is 30.5 Å². The van der Waals surface area contributed by atoms with Gasteiger partial charge in [0.15, 0.2) is 11.5 Å². The number of hydrogen-bond donors (Lipinski definition) is 1. The number of ether oxygens (including phenoxy) is 2. The number of aryl methyl sites for hydroxylation is 1. The van der Waals surface area contributed by atoms with E-state index in [1.54, 1.807) is 14.2 Å². The molecule has 0 aliphatic carbocycles. The summed E-state index contributed by atoms with van der Waals surface area (Å²) in [7, 11) is 5.30. The van der Waals surface area contributed by atoms with Gasteiger partial charge >= 0.3 is 0 Å². The third-order valence-corrected chi connectivity index (χ3v) is 3.77. The van der Waals surface area contributed by atoms with Crippen LogP contribution in [0.3, 0.4) is 0 Å². The average molecular weight is 273 g/mol. The Morgan fingerprint density at radius 1 is 1.20 bits per heavy atom. The molecule has 0 saturated heterocycles. The molecule has 0 radical (unpaired) electrons. The Labute approximate surface area is 118 Å². The number of fused-ring (bicyclic) bond motifs is 1. The topological polar surface area (TPSA) is 48.3 Å².